The molecule has 0 aromatic heterocycles. The Hall–Kier alpha value is -1.91. The summed E-state index contributed by atoms with van der Waals surface area (Å²) in [5.41, 5.74) is 2.67. The lowest BCUT2D eigenvalue weighted by atomic mass is 10.00. The molecule has 114 valence electrons. The van der Waals surface area contributed by atoms with E-state index in [2.05, 4.69) is 10.3 Å². The van der Waals surface area contributed by atoms with Crippen LogP contribution in [-0.2, 0) is 0 Å². The fourth-order valence-corrected chi connectivity index (χ4v) is 2.77. The van der Waals surface area contributed by atoms with Crippen LogP contribution in [0.15, 0.2) is 47.5 Å². The molecule has 2 aromatic rings. The Morgan fingerprint density at radius 3 is 2.82 bits per heavy atom. The van der Waals surface area contributed by atoms with Crippen LogP contribution in [-0.4, -0.2) is 30.0 Å². The predicted molar refractivity (Wildman–Crippen MR) is 87.5 cm³/mol. The van der Waals surface area contributed by atoms with E-state index in [4.69, 9.17) is 16.7 Å². The Bertz CT molecular complexity index is 718. The molecular formula is C17H16ClFN2O. The number of aliphatic hydroxyl groups excluding tert-OH is 1. The van der Waals surface area contributed by atoms with E-state index in [-0.39, 0.29) is 18.5 Å². The number of halogens is 2. The van der Waals surface area contributed by atoms with Crippen molar-refractivity contribution in [2.45, 2.75) is 12.5 Å². The summed E-state index contributed by atoms with van der Waals surface area (Å²) in [7, 11) is 0. The molecule has 0 saturated carbocycles. The first-order valence-electron chi connectivity index (χ1n) is 7.15. The van der Waals surface area contributed by atoms with E-state index in [1.165, 1.54) is 6.07 Å². The Morgan fingerprint density at radius 2 is 2.05 bits per heavy atom. The molecule has 5 heteroatoms. The van der Waals surface area contributed by atoms with Crippen molar-refractivity contribution in [3.8, 4) is 0 Å². The van der Waals surface area contributed by atoms with Crippen molar-refractivity contribution in [3.05, 3.63) is 64.4 Å². The summed E-state index contributed by atoms with van der Waals surface area (Å²) < 4.78 is 14.2. The monoisotopic (exact) mass is 318 g/mol. The van der Waals surface area contributed by atoms with E-state index in [1.807, 2.05) is 6.07 Å². The van der Waals surface area contributed by atoms with Crippen LogP contribution in [0.25, 0.3) is 0 Å². The molecule has 3 rings (SSSR count). The van der Waals surface area contributed by atoms with Crippen molar-refractivity contribution in [2.24, 2.45) is 4.99 Å². The van der Waals surface area contributed by atoms with Crippen LogP contribution in [0.3, 0.4) is 0 Å². The van der Waals surface area contributed by atoms with E-state index >= 15 is 0 Å². The maximum atomic E-state index is 14.2. The first kappa shape index (κ1) is 15.0. The Kier molecular flexibility index (Phi) is 4.41. The second kappa shape index (κ2) is 6.46. The molecule has 0 spiro atoms. The van der Waals surface area contributed by atoms with E-state index < -0.39 is 0 Å². The molecule has 0 bridgehead atoms. The molecule has 22 heavy (non-hydrogen) atoms. The summed E-state index contributed by atoms with van der Waals surface area (Å²) >= 11 is 6.10. The molecule has 3 nitrogen and oxygen atoms in total. The molecule has 0 aliphatic carbocycles. The highest BCUT2D eigenvalue weighted by Gasteiger charge is 2.21. The van der Waals surface area contributed by atoms with Gasteiger partial charge in [-0.25, -0.2) is 4.39 Å². The molecule has 1 aliphatic heterocycles. The summed E-state index contributed by atoms with van der Waals surface area (Å²) in [6.07, 6.45) is 0.579. The van der Waals surface area contributed by atoms with E-state index in [0.717, 1.165) is 11.3 Å². The lowest BCUT2D eigenvalue weighted by Gasteiger charge is -2.16. The summed E-state index contributed by atoms with van der Waals surface area (Å²) in [5, 5.41) is 13.1. The Labute approximate surface area is 133 Å². The average Bonchev–Trinajstić information content (AvgIpc) is 2.68. The molecular weight excluding hydrogens is 303 g/mol. The van der Waals surface area contributed by atoms with Gasteiger partial charge in [-0.15, -0.1) is 0 Å². The van der Waals surface area contributed by atoms with E-state index in [1.54, 1.807) is 30.3 Å². The number of aliphatic hydroxyl groups is 1. The van der Waals surface area contributed by atoms with E-state index in [9.17, 15) is 4.39 Å². The van der Waals surface area contributed by atoms with Gasteiger partial charge in [-0.3, -0.25) is 4.99 Å². The van der Waals surface area contributed by atoms with Crippen molar-refractivity contribution >= 4 is 23.0 Å². The highest BCUT2D eigenvalue weighted by molar-refractivity contribution is 6.31. The minimum Gasteiger partial charge on any atom is -0.396 e. The molecule has 2 aromatic carbocycles. The largest absolute Gasteiger partial charge is 0.396 e. The van der Waals surface area contributed by atoms with Gasteiger partial charge in [-0.1, -0.05) is 23.7 Å². The molecule has 1 atom stereocenters. The van der Waals surface area contributed by atoms with Crippen LogP contribution < -0.4 is 5.32 Å². The summed E-state index contributed by atoms with van der Waals surface area (Å²) in [6.45, 7) is 0.543. The van der Waals surface area contributed by atoms with Gasteiger partial charge in [0, 0.05) is 34.5 Å². The minimum absolute atomic E-state index is 0.00852. The normalized spacial score (nSPS) is 17.2. The second-order valence-electron chi connectivity index (χ2n) is 5.21. The van der Waals surface area contributed by atoms with Gasteiger partial charge in [0.05, 0.1) is 12.3 Å². The van der Waals surface area contributed by atoms with Gasteiger partial charge >= 0.3 is 0 Å². The summed E-state index contributed by atoms with van der Waals surface area (Å²) in [4.78, 5) is 4.58. The first-order valence-corrected chi connectivity index (χ1v) is 7.53. The van der Waals surface area contributed by atoms with Gasteiger partial charge < -0.3 is 10.4 Å². The molecule has 0 radical (unpaired) electrons. The van der Waals surface area contributed by atoms with Gasteiger partial charge in [-0.05, 0) is 36.8 Å². The molecule has 1 unspecified atom stereocenters. The predicted octanol–water partition coefficient (Wildman–Crippen LogP) is 3.49. The zero-order valence-electron chi connectivity index (χ0n) is 11.9. The minimum atomic E-state index is -0.312. The van der Waals surface area contributed by atoms with E-state index in [0.29, 0.717) is 29.3 Å². The number of fused-ring (bicyclic) bond motifs is 1. The molecule has 0 saturated heterocycles. The van der Waals surface area contributed by atoms with Gasteiger partial charge in [0.15, 0.2) is 0 Å². The molecule has 1 aliphatic rings. The number of anilines is 1. The third-order valence-electron chi connectivity index (χ3n) is 3.67. The molecule has 2 N–H and O–H groups in total. The van der Waals surface area contributed by atoms with Gasteiger partial charge in [-0.2, -0.15) is 0 Å². The van der Waals surface area contributed by atoms with Crippen molar-refractivity contribution in [3.63, 3.8) is 0 Å². The first-order chi connectivity index (χ1) is 10.7. The number of rotatable bonds is 3. The van der Waals surface area contributed by atoms with Crippen LogP contribution in [0.2, 0.25) is 5.02 Å². The SMILES string of the molecule is OCCC1CN=C(c2ccccc2F)c2cc(Cl)ccc2N1. The maximum Gasteiger partial charge on any atom is 0.132 e. The molecule has 0 fully saturated rings. The number of benzene rings is 2. The fraction of sp³-hybridized carbons (Fsp3) is 0.235. The summed E-state index contributed by atoms with van der Waals surface area (Å²) in [5.74, 6) is -0.312. The lowest BCUT2D eigenvalue weighted by Crippen LogP contribution is -2.23. The van der Waals surface area contributed by atoms with Crippen LogP contribution in [0.5, 0.6) is 0 Å². The maximum absolute atomic E-state index is 14.2. The van der Waals surface area contributed by atoms with Crippen molar-refractivity contribution in [1.82, 2.24) is 0 Å². The average molecular weight is 319 g/mol. The third kappa shape index (κ3) is 2.98. The topological polar surface area (TPSA) is 44.6 Å². The van der Waals surface area contributed by atoms with Crippen LogP contribution in [0.1, 0.15) is 17.5 Å². The second-order valence-corrected chi connectivity index (χ2v) is 5.65. The van der Waals surface area contributed by atoms with Crippen molar-refractivity contribution in [1.29, 1.82) is 0 Å². The van der Waals surface area contributed by atoms with Crippen LogP contribution >= 0.6 is 11.6 Å². The Balaban J connectivity index is 2.12. The van der Waals surface area contributed by atoms with Crippen LogP contribution in [0.4, 0.5) is 10.1 Å². The quantitative estimate of drug-likeness (QED) is 0.910. The van der Waals surface area contributed by atoms with Crippen molar-refractivity contribution < 1.29 is 9.50 Å². The van der Waals surface area contributed by atoms with Crippen LogP contribution in [0, 0.1) is 5.82 Å². The zero-order valence-corrected chi connectivity index (χ0v) is 12.6. The standard InChI is InChI=1S/C17H16ClFN2O/c18-11-5-6-16-14(9-11)17(13-3-1-2-4-15(13)19)20-10-12(21-16)7-8-22/h1-6,9,12,21-22H,7-8,10H2. The van der Waals surface area contributed by atoms with Gasteiger partial charge in [0.25, 0.3) is 0 Å². The lowest BCUT2D eigenvalue weighted by molar-refractivity contribution is 0.280. The number of benzodiazepines with no additional fused rings is 1. The number of aliphatic imine (C=N–C) groups is 1. The fourth-order valence-electron chi connectivity index (χ4n) is 2.59. The highest BCUT2D eigenvalue weighted by atomic mass is 35.5. The third-order valence-corrected chi connectivity index (χ3v) is 3.91. The number of nitrogens with zero attached hydrogens (tertiary/aromatic N) is 1. The van der Waals surface area contributed by atoms with Gasteiger partial charge in [0.2, 0.25) is 0 Å². The molecule has 0 amide bonds. The Morgan fingerprint density at radius 1 is 1.23 bits per heavy atom. The highest BCUT2D eigenvalue weighted by Crippen LogP contribution is 2.28. The van der Waals surface area contributed by atoms with Gasteiger partial charge in [0.1, 0.15) is 5.82 Å². The number of hydrogen-bond acceptors (Lipinski definition) is 3. The smallest absolute Gasteiger partial charge is 0.132 e. The number of nitrogens with one attached hydrogen (secondary N) is 1. The molecule has 1 heterocycles. The zero-order chi connectivity index (χ0) is 15.5. The number of hydrogen-bond donors (Lipinski definition) is 2. The van der Waals surface area contributed by atoms with Crippen molar-refractivity contribution in [2.75, 3.05) is 18.5 Å². The summed E-state index contributed by atoms with van der Waals surface area (Å²) in [6, 6.07) is 12.0.